The van der Waals surface area contributed by atoms with Crippen LogP contribution < -0.4 is 10.6 Å². The van der Waals surface area contributed by atoms with Gasteiger partial charge in [0, 0.05) is 73.4 Å². The van der Waals surface area contributed by atoms with Crippen molar-refractivity contribution in [1.29, 1.82) is 0 Å². The molecule has 0 saturated carbocycles. The fourth-order valence-corrected chi connectivity index (χ4v) is 9.24. The SMILES string of the molecule is CC(=O)OC[C@H]1O[C@H](SCCOCCOCC(=O)NCCCC[C@H](NC(=O)COCCOCCS[C@H]2O[C@H](COC(C)=O)[C@@H](OC(C)=O)[C@H](OC(C)=O)[C@@H]2OC(C)=O)C(=O)O)[C@@H](OC(C)=O)[C@@H](OC(C)=O)[C@@H]1OC(C)=O. The highest BCUT2D eigenvalue weighted by Crippen LogP contribution is 2.36. The van der Waals surface area contributed by atoms with Crippen LogP contribution in [0.25, 0.3) is 0 Å². The normalized spacial score (nSPS) is 23.3. The zero-order valence-corrected chi connectivity index (χ0v) is 45.3. The number of carboxylic acids is 1. The predicted molar refractivity (Wildman–Crippen MR) is 259 cm³/mol. The lowest BCUT2D eigenvalue weighted by molar-refractivity contribution is -0.237. The molecule has 0 aromatic heterocycles. The van der Waals surface area contributed by atoms with E-state index in [1.54, 1.807) is 0 Å². The lowest BCUT2D eigenvalue weighted by Crippen LogP contribution is -2.61. The molecule has 0 unspecified atom stereocenters. The van der Waals surface area contributed by atoms with Gasteiger partial charge in [-0.2, -0.15) is 0 Å². The highest BCUT2D eigenvalue weighted by atomic mass is 32.2. The zero-order chi connectivity index (χ0) is 56.7. The number of hydrogen-bond acceptors (Lipinski definition) is 27. The highest BCUT2D eigenvalue weighted by Gasteiger charge is 2.53. The van der Waals surface area contributed by atoms with Crippen LogP contribution in [-0.4, -0.2) is 221 Å². The number of carbonyl (C=O) groups is 11. The Balaban J connectivity index is 1.68. The first kappa shape index (κ1) is 66.7. The third kappa shape index (κ3) is 27.6. The first-order valence-electron chi connectivity index (χ1n) is 23.9. The molecule has 0 spiro atoms. The second kappa shape index (κ2) is 36.6. The quantitative estimate of drug-likeness (QED) is 0.0411. The number of carboxylic acid groups (broad SMARTS) is 1. The molecule has 0 aromatic carbocycles. The third-order valence-corrected chi connectivity index (χ3v) is 12.2. The van der Waals surface area contributed by atoms with Crippen LogP contribution >= 0.6 is 23.5 Å². The number of thioether (sulfide) groups is 2. The van der Waals surface area contributed by atoms with Gasteiger partial charge in [0.2, 0.25) is 11.8 Å². The molecule has 2 aliphatic heterocycles. The Hall–Kier alpha value is -5.37. The van der Waals surface area contributed by atoms with Gasteiger partial charge in [-0.3, -0.25) is 47.9 Å². The molecule has 0 aromatic rings. The summed E-state index contributed by atoms with van der Waals surface area (Å²) < 4.78 is 76.5. The van der Waals surface area contributed by atoms with Crippen LogP contribution in [0.4, 0.5) is 0 Å². The van der Waals surface area contributed by atoms with Crippen molar-refractivity contribution in [3.8, 4) is 0 Å². The number of ether oxygens (including phenoxy) is 14. The van der Waals surface area contributed by atoms with Gasteiger partial charge in [0.05, 0.1) is 39.6 Å². The van der Waals surface area contributed by atoms with Crippen molar-refractivity contribution >= 4 is 89.1 Å². The van der Waals surface area contributed by atoms with E-state index in [1.165, 1.54) is 13.8 Å². The standard InChI is InChI=1S/C46H70N2O26S2/c1-25(49)65-21-34-38(67-27(3)51)40(69-29(5)53)42(71-31(7)55)45(73-34)75-19-17-61-13-15-63-23-36(57)47-12-10-9-11-33(44(59)60)48-37(58)24-64-16-14-62-18-20-76-46-43(72-32(8)56)41(70-30(6)54)39(68-28(4)52)35(74-46)22-66-26(2)50/h33-35,38-43,45-46H,9-24H2,1-8H3,(H,47,57)(H,48,58)(H,59,60)/t33-,34+,35+,38+,39+,40-,41-,42-,43-,45+,46+/m0/s1. The maximum Gasteiger partial charge on any atom is 0.326 e. The van der Waals surface area contributed by atoms with E-state index in [-0.39, 0.29) is 83.9 Å². The molecule has 0 aliphatic carbocycles. The van der Waals surface area contributed by atoms with Gasteiger partial charge in [0.15, 0.2) is 36.6 Å². The maximum absolute atomic E-state index is 12.5. The van der Waals surface area contributed by atoms with Crippen molar-refractivity contribution < 1.29 is 124 Å². The molecular weight excluding hydrogens is 1060 g/mol. The molecule has 11 atom stereocenters. The average molecular weight is 1130 g/mol. The van der Waals surface area contributed by atoms with Gasteiger partial charge < -0.3 is 82.1 Å². The van der Waals surface area contributed by atoms with Gasteiger partial charge in [-0.1, -0.05) is 0 Å². The Morgan fingerprint density at radius 3 is 1.21 bits per heavy atom. The molecule has 2 amide bonds. The number of esters is 8. The lowest BCUT2D eigenvalue weighted by atomic mass is 9.99. The monoisotopic (exact) mass is 1130 g/mol. The molecule has 432 valence electrons. The van der Waals surface area contributed by atoms with E-state index in [0.29, 0.717) is 12.8 Å². The number of amides is 2. The smallest absolute Gasteiger partial charge is 0.326 e. The Morgan fingerprint density at radius 2 is 0.829 bits per heavy atom. The van der Waals surface area contributed by atoms with E-state index in [2.05, 4.69) is 10.6 Å². The first-order chi connectivity index (χ1) is 36.0. The van der Waals surface area contributed by atoms with Crippen molar-refractivity contribution in [2.45, 2.75) is 140 Å². The largest absolute Gasteiger partial charge is 0.480 e. The van der Waals surface area contributed by atoms with E-state index >= 15 is 0 Å². The van der Waals surface area contributed by atoms with Gasteiger partial charge in [-0.15, -0.1) is 23.5 Å². The van der Waals surface area contributed by atoms with Gasteiger partial charge in [-0.25, -0.2) is 4.79 Å². The number of nitrogens with one attached hydrogen (secondary N) is 2. The first-order valence-corrected chi connectivity index (χ1v) is 26.0. The molecule has 76 heavy (non-hydrogen) atoms. The predicted octanol–water partition coefficient (Wildman–Crippen LogP) is -0.459. The van der Waals surface area contributed by atoms with Crippen LogP contribution in [0.2, 0.25) is 0 Å². The Labute approximate surface area is 447 Å². The third-order valence-electron chi connectivity index (χ3n) is 10.0. The molecule has 30 heteroatoms. The van der Waals surface area contributed by atoms with E-state index in [1.807, 2.05) is 0 Å². The van der Waals surface area contributed by atoms with E-state index in [9.17, 15) is 57.8 Å². The summed E-state index contributed by atoms with van der Waals surface area (Å²) in [5.41, 5.74) is -1.94. The summed E-state index contributed by atoms with van der Waals surface area (Å²) in [5.74, 6) is -7.60. The van der Waals surface area contributed by atoms with Crippen LogP contribution in [-0.2, 0) is 119 Å². The maximum atomic E-state index is 12.5. The minimum absolute atomic E-state index is 0.0336. The number of hydrogen-bond donors (Lipinski definition) is 3. The van der Waals surface area contributed by atoms with Crippen molar-refractivity contribution in [3.05, 3.63) is 0 Å². The Kier molecular flexibility index (Phi) is 32.2. The van der Waals surface area contributed by atoms with Crippen molar-refractivity contribution in [1.82, 2.24) is 10.6 Å². The average Bonchev–Trinajstić information content (AvgIpc) is 3.31. The van der Waals surface area contributed by atoms with Crippen LogP contribution in [0.1, 0.15) is 74.7 Å². The van der Waals surface area contributed by atoms with Crippen molar-refractivity contribution in [3.63, 3.8) is 0 Å². The van der Waals surface area contributed by atoms with E-state index in [0.717, 1.165) is 65.1 Å². The summed E-state index contributed by atoms with van der Waals surface area (Å²) in [6.45, 7) is 8.25. The summed E-state index contributed by atoms with van der Waals surface area (Å²) in [6.07, 6.45) is -8.95. The topological polar surface area (TPSA) is 361 Å². The summed E-state index contributed by atoms with van der Waals surface area (Å²) in [5, 5.41) is 14.7. The molecule has 2 saturated heterocycles. The zero-order valence-electron chi connectivity index (χ0n) is 43.6. The minimum atomic E-state index is -1.30. The molecule has 3 N–H and O–H groups in total. The van der Waals surface area contributed by atoms with Gasteiger partial charge in [0.25, 0.3) is 0 Å². The molecule has 2 aliphatic rings. The Morgan fingerprint density at radius 1 is 0.461 bits per heavy atom. The van der Waals surface area contributed by atoms with Crippen LogP contribution in [0.3, 0.4) is 0 Å². The molecule has 2 heterocycles. The number of unbranched alkanes of at least 4 members (excludes halogenated alkanes) is 1. The Bertz CT molecular complexity index is 1930. The van der Waals surface area contributed by atoms with E-state index in [4.69, 9.17) is 66.3 Å². The molecule has 0 bridgehead atoms. The summed E-state index contributed by atoms with van der Waals surface area (Å²) in [4.78, 5) is 132. The lowest BCUT2D eigenvalue weighted by Gasteiger charge is -2.44. The molecule has 0 radical (unpaired) electrons. The summed E-state index contributed by atoms with van der Waals surface area (Å²) >= 11 is 2.26. The van der Waals surface area contributed by atoms with Gasteiger partial charge in [-0.05, 0) is 19.3 Å². The molecule has 28 nitrogen and oxygen atoms in total. The van der Waals surface area contributed by atoms with E-state index < -0.39 is 138 Å². The second-order valence-electron chi connectivity index (χ2n) is 16.5. The fraction of sp³-hybridized carbons (Fsp3) is 0.761. The van der Waals surface area contributed by atoms with Crippen LogP contribution in [0, 0.1) is 0 Å². The number of carbonyl (C=O) groups excluding carboxylic acids is 10. The van der Waals surface area contributed by atoms with Crippen LogP contribution in [0.5, 0.6) is 0 Å². The van der Waals surface area contributed by atoms with Gasteiger partial charge in [0.1, 0.15) is 55.5 Å². The van der Waals surface area contributed by atoms with Crippen molar-refractivity contribution in [2.75, 3.05) is 84.1 Å². The highest BCUT2D eigenvalue weighted by molar-refractivity contribution is 8.00. The fourth-order valence-electron chi connectivity index (χ4n) is 7.11. The number of aliphatic carboxylic acids is 1. The molecular formula is C46H70N2O26S2. The summed E-state index contributed by atoms with van der Waals surface area (Å²) in [7, 11) is 0. The second-order valence-corrected chi connectivity index (χ2v) is 18.9. The molecule has 2 fully saturated rings. The minimum Gasteiger partial charge on any atom is -0.480 e. The number of rotatable bonds is 35. The molecule has 2 rings (SSSR count). The summed E-state index contributed by atoms with van der Waals surface area (Å²) in [6, 6.07) is -1.22. The van der Waals surface area contributed by atoms with Crippen LogP contribution in [0.15, 0.2) is 0 Å². The van der Waals surface area contributed by atoms with Crippen molar-refractivity contribution in [2.24, 2.45) is 0 Å². The van der Waals surface area contributed by atoms with Gasteiger partial charge >= 0.3 is 53.7 Å².